The van der Waals surface area contributed by atoms with Crippen molar-refractivity contribution in [1.82, 2.24) is 16.0 Å². The third-order valence-electron chi connectivity index (χ3n) is 4.08. The fourth-order valence-electron chi connectivity index (χ4n) is 2.62. The van der Waals surface area contributed by atoms with Gasteiger partial charge in [-0.25, -0.2) is 4.79 Å². The highest BCUT2D eigenvalue weighted by Crippen LogP contribution is 2.11. The van der Waals surface area contributed by atoms with Crippen LogP contribution in [0.25, 0.3) is 0 Å². The van der Waals surface area contributed by atoms with Crippen LogP contribution in [-0.2, 0) is 17.6 Å². The molecule has 0 saturated heterocycles. The second kappa shape index (κ2) is 11.2. The van der Waals surface area contributed by atoms with E-state index in [0.29, 0.717) is 13.0 Å². The molecule has 0 fully saturated rings. The first-order valence-corrected chi connectivity index (χ1v) is 9.09. The number of urea groups is 1. The summed E-state index contributed by atoms with van der Waals surface area (Å²) in [6.45, 7) is 0.663. The van der Waals surface area contributed by atoms with Gasteiger partial charge < -0.3 is 21.1 Å². The standard InChI is InChI=1S/C21H24N4O3/c22-12-4-13-23-20(27)19(15-17-7-9-18(26)10-8-17)25-21(28)24-14-11-16-5-2-1-3-6-16/h1-3,5-10,19,26H,4,11,13-15H2,(H,23,27)(H2,24,25,28). The summed E-state index contributed by atoms with van der Waals surface area (Å²) in [7, 11) is 0. The molecule has 28 heavy (non-hydrogen) atoms. The van der Waals surface area contributed by atoms with E-state index in [1.54, 1.807) is 12.1 Å². The molecule has 1 unspecified atom stereocenters. The number of benzene rings is 2. The lowest BCUT2D eigenvalue weighted by Gasteiger charge is -2.19. The van der Waals surface area contributed by atoms with Crippen LogP contribution < -0.4 is 16.0 Å². The van der Waals surface area contributed by atoms with Gasteiger partial charge in [-0.2, -0.15) is 5.26 Å². The fourth-order valence-corrected chi connectivity index (χ4v) is 2.62. The maximum atomic E-state index is 12.4. The number of carbonyl (C=O) groups is 2. The van der Waals surface area contributed by atoms with E-state index in [-0.39, 0.29) is 31.0 Å². The van der Waals surface area contributed by atoms with Gasteiger partial charge in [-0.15, -0.1) is 0 Å². The van der Waals surface area contributed by atoms with Gasteiger partial charge >= 0.3 is 6.03 Å². The molecule has 2 aromatic carbocycles. The number of nitrogens with zero attached hydrogens (tertiary/aromatic N) is 1. The first-order valence-electron chi connectivity index (χ1n) is 9.09. The number of carbonyl (C=O) groups excluding carboxylic acids is 2. The molecule has 3 amide bonds. The lowest BCUT2D eigenvalue weighted by molar-refractivity contribution is -0.122. The normalized spacial score (nSPS) is 11.1. The number of rotatable bonds is 9. The van der Waals surface area contributed by atoms with Gasteiger partial charge in [0.25, 0.3) is 0 Å². The lowest BCUT2D eigenvalue weighted by atomic mass is 10.1. The number of hydrogen-bond acceptors (Lipinski definition) is 4. The summed E-state index contributed by atoms with van der Waals surface area (Å²) in [4.78, 5) is 24.6. The third kappa shape index (κ3) is 7.38. The smallest absolute Gasteiger partial charge is 0.315 e. The second-order valence-corrected chi connectivity index (χ2v) is 6.26. The van der Waals surface area contributed by atoms with Crippen LogP contribution in [0.4, 0.5) is 4.79 Å². The maximum absolute atomic E-state index is 12.4. The zero-order valence-electron chi connectivity index (χ0n) is 15.5. The van der Waals surface area contributed by atoms with Crippen LogP contribution in [0.1, 0.15) is 17.5 Å². The van der Waals surface area contributed by atoms with Crippen molar-refractivity contribution < 1.29 is 14.7 Å². The number of phenols is 1. The Morgan fingerprint density at radius 2 is 1.68 bits per heavy atom. The lowest BCUT2D eigenvalue weighted by Crippen LogP contribution is -2.51. The number of amides is 3. The average Bonchev–Trinajstić information content (AvgIpc) is 2.70. The minimum absolute atomic E-state index is 0.130. The van der Waals surface area contributed by atoms with Crippen LogP contribution >= 0.6 is 0 Å². The first-order chi connectivity index (χ1) is 13.6. The Balaban J connectivity index is 1.91. The quantitative estimate of drug-likeness (QED) is 0.497. The fraction of sp³-hybridized carbons (Fsp3) is 0.286. The molecule has 0 aliphatic heterocycles. The number of nitriles is 1. The van der Waals surface area contributed by atoms with Crippen LogP contribution in [0.15, 0.2) is 54.6 Å². The molecule has 0 bridgehead atoms. The number of aromatic hydroxyl groups is 1. The Morgan fingerprint density at radius 3 is 2.36 bits per heavy atom. The van der Waals surface area contributed by atoms with Gasteiger partial charge in [0.05, 0.1) is 12.5 Å². The van der Waals surface area contributed by atoms with E-state index in [4.69, 9.17) is 5.26 Å². The molecule has 1 atom stereocenters. The number of phenolic OH excluding ortho intramolecular Hbond substituents is 1. The molecule has 0 saturated carbocycles. The average molecular weight is 380 g/mol. The molecular formula is C21H24N4O3. The highest BCUT2D eigenvalue weighted by Gasteiger charge is 2.21. The summed E-state index contributed by atoms with van der Waals surface area (Å²) in [5.74, 6) is -0.230. The van der Waals surface area contributed by atoms with Crippen LogP contribution in [0.5, 0.6) is 5.75 Å². The predicted molar refractivity (Wildman–Crippen MR) is 106 cm³/mol. The van der Waals surface area contributed by atoms with Gasteiger partial charge in [0.1, 0.15) is 11.8 Å². The third-order valence-corrected chi connectivity index (χ3v) is 4.08. The largest absolute Gasteiger partial charge is 0.508 e. The molecule has 0 aromatic heterocycles. The van der Waals surface area contributed by atoms with E-state index in [0.717, 1.165) is 11.1 Å². The minimum Gasteiger partial charge on any atom is -0.508 e. The minimum atomic E-state index is -0.792. The molecule has 7 nitrogen and oxygen atoms in total. The van der Waals surface area contributed by atoms with Crippen molar-refractivity contribution in [3.63, 3.8) is 0 Å². The van der Waals surface area contributed by atoms with Gasteiger partial charge in [-0.1, -0.05) is 42.5 Å². The topological polar surface area (TPSA) is 114 Å². The number of nitrogens with one attached hydrogen (secondary N) is 3. The van der Waals surface area contributed by atoms with Crippen molar-refractivity contribution in [2.45, 2.75) is 25.3 Å². The molecule has 0 radical (unpaired) electrons. The molecule has 0 aliphatic rings. The molecular weight excluding hydrogens is 356 g/mol. The summed E-state index contributed by atoms with van der Waals surface area (Å²) in [5, 5.41) is 26.1. The first kappa shape index (κ1) is 20.8. The number of hydrogen-bond donors (Lipinski definition) is 4. The van der Waals surface area contributed by atoms with Crippen molar-refractivity contribution in [1.29, 1.82) is 5.26 Å². The van der Waals surface area contributed by atoms with Gasteiger partial charge in [0, 0.05) is 19.5 Å². The molecule has 0 aliphatic carbocycles. The van der Waals surface area contributed by atoms with Crippen molar-refractivity contribution in [3.05, 3.63) is 65.7 Å². The van der Waals surface area contributed by atoms with E-state index >= 15 is 0 Å². The van der Waals surface area contributed by atoms with E-state index in [2.05, 4.69) is 16.0 Å². The van der Waals surface area contributed by atoms with E-state index in [1.165, 1.54) is 12.1 Å². The Morgan fingerprint density at radius 1 is 0.964 bits per heavy atom. The molecule has 0 heterocycles. The Kier molecular flexibility index (Phi) is 8.34. The van der Waals surface area contributed by atoms with Gasteiger partial charge in [0.15, 0.2) is 0 Å². The van der Waals surface area contributed by atoms with Crippen molar-refractivity contribution in [2.24, 2.45) is 0 Å². The van der Waals surface area contributed by atoms with Crippen LogP contribution in [0, 0.1) is 11.3 Å². The van der Waals surface area contributed by atoms with Gasteiger partial charge in [-0.3, -0.25) is 4.79 Å². The van der Waals surface area contributed by atoms with Crippen molar-refractivity contribution in [3.8, 4) is 11.8 Å². The molecule has 2 aromatic rings. The Hall–Kier alpha value is -3.53. The summed E-state index contributed by atoms with van der Waals surface area (Å²) in [6, 6.07) is 17.0. The zero-order valence-corrected chi connectivity index (χ0v) is 15.5. The summed E-state index contributed by atoms with van der Waals surface area (Å²) in [5.41, 5.74) is 1.90. The molecule has 0 spiro atoms. The highest BCUT2D eigenvalue weighted by atomic mass is 16.3. The molecule has 4 N–H and O–H groups in total. The maximum Gasteiger partial charge on any atom is 0.315 e. The zero-order chi connectivity index (χ0) is 20.2. The second-order valence-electron chi connectivity index (χ2n) is 6.26. The Bertz CT molecular complexity index is 801. The van der Waals surface area contributed by atoms with Crippen molar-refractivity contribution >= 4 is 11.9 Å². The van der Waals surface area contributed by atoms with Gasteiger partial charge in [-0.05, 0) is 29.7 Å². The summed E-state index contributed by atoms with van der Waals surface area (Å²) in [6.07, 6.45) is 1.15. The monoisotopic (exact) mass is 380 g/mol. The van der Waals surface area contributed by atoms with E-state index in [9.17, 15) is 14.7 Å². The van der Waals surface area contributed by atoms with Crippen LogP contribution in [0.2, 0.25) is 0 Å². The molecule has 146 valence electrons. The molecule has 7 heteroatoms. The van der Waals surface area contributed by atoms with Crippen LogP contribution in [-0.4, -0.2) is 36.2 Å². The molecule has 2 rings (SSSR count). The van der Waals surface area contributed by atoms with Crippen LogP contribution in [0.3, 0.4) is 0 Å². The highest BCUT2D eigenvalue weighted by molar-refractivity contribution is 5.87. The predicted octanol–water partition coefficient (Wildman–Crippen LogP) is 1.88. The van der Waals surface area contributed by atoms with E-state index < -0.39 is 12.1 Å². The SMILES string of the molecule is N#CCCNC(=O)C(Cc1ccc(O)cc1)NC(=O)NCCc1ccccc1. The van der Waals surface area contributed by atoms with E-state index in [1.807, 2.05) is 36.4 Å². The summed E-state index contributed by atoms with van der Waals surface area (Å²) >= 11 is 0. The summed E-state index contributed by atoms with van der Waals surface area (Å²) < 4.78 is 0. The van der Waals surface area contributed by atoms with Gasteiger partial charge in [0.2, 0.25) is 5.91 Å². The van der Waals surface area contributed by atoms with Crippen molar-refractivity contribution in [2.75, 3.05) is 13.1 Å². The Labute approximate surface area is 164 Å².